The summed E-state index contributed by atoms with van der Waals surface area (Å²) in [5, 5.41) is 0. The molecule has 0 N–H and O–H groups in total. The maximum atomic E-state index is 11.5. The highest BCUT2D eigenvalue weighted by Gasteiger charge is 2.19. The van der Waals surface area contributed by atoms with Gasteiger partial charge >= 0.3 is 11.9 Å². The molecule has 0 aliphatic rings. The first-order valence-electron chi connectivity index (χ1n) is 5.52. The number of aryl methyl sites for hydroxylation is 1. The van der Waals surface area contributed by atoms with Crippen molar-refractivity contribution in [2.24, 2.45) is 0 Å². The molecule has 0 saturated carbocycles. The van der Waals surface area contributed by atoms with Crippen LogP contribution in [0.4, 0.5) is 0 Å². The van der Waals surface area contributed by atoms with Gasteiger partial charge in [0.2, 0.25) is 0 Å². The lowest BCUT2D eigenvalue weighted by Crippen LogP contribution is -2.16. The maximum absolute atomic E-state index is 11.5. The molecule has 1 aromatic rings. The lowest BCUT2D eigenvalue weighted by molar-refractivity contribution is -0.259. The molecular weight excluding hydrogens is 220 g/mol. The second-order valence-electron chi connectivity index (χ2n) is 3.84. The van der Waals surface area contributed by atoms with Gasteiger partial charge in [-0.15, -0.1) is 0 Å². The summed E-state index contributed by atoms with van der Waals surface area (Å²) in [5.41, 5.74) is 1.94. The summed E-state index contributed by atoms with van der Waals surface area (Å²) < 4.78 is 0. The Bertz CT molecular complexity index is 394. The van der Waals surface area contributed by atoms with E-state index in [0.717, 1.165) is 11.1 Å². The van der Waals surface area contributed by atoms with Crippen LogP contribution in [-0.2, 0) is 19.4 Å². The minimum atomic E-state index is -0.573. The van der Waals surface area contributed by atoms with E-state index in [1.165, 1.54) is 0 Å². The summed E-state index contributed by atoms with van der Waals surface area (Å²) in [5.74, 6) is -1.59. The van der Waals surface area contributed by atoms with Gasteiger partial charge in [0, 0.05) is 6.42 Å². The molecule has 0 aliphatic heterocycles. The molecule has 0 aliphatic carbocycles. The van der Waals surface area contributed by atoms with Crippen molar-refractivity contribution in [3.63, 3.8) is 0 Å². The Morgan fingerprint density at radius 1 is 1.18 bits per heavy atom. The van der Waals surface area contributed by atoms with Crippen LogP contribution in [0.15, 0.2) is 24.3 Å². The molecule has 0 fully saturated rings. The van der Waals surface area contributed by atoms with Gasteiger partial charge in [-0.3, -0.25) is 0 Å². The first kappa shape index (κ1) is 13.2. The predicted octanol–water partition coefficient (Wildman–Crippen LogP) is 2.51. The van der Waals surface area contributed by atoms with E-state index in [-0.39, 0.29) is 6.42 Å². The average Bonchev–Trinajstić information content (AvgIpc) is 2.35. The van der Waals surface area contributed by atoms with Crippen LogP contribution in [0.25, 0.3) is 0 Å². The zero-order chi connectivity index (χ0) is 12.8. The van der Waals surface area contributed by atoms with E-state index >= 15 is 0 Å². The standard InChI is InChI=1S/C13H16O4/c1-4-12(14)16-17-13(15)10(3)11-7-5-9(2)6-8-11/h5-8,10H,4H2,1-3H3. The lowest BCUT2D eigenvalue weighted by Gasteiger charge is -2.09. The van der Waals surface area contributed by atoms with Gasteiger partial charge in [0.05, 0.1) is 5.92 Å². The fourth-order valence-electron chi connectivity index (χ4n) is 1.21. The molecular formula is C13H16O4. The highest BCUT2D eigenvalue weighted by atomic mass is 17.2. The Hall–Kier alpha value is -1.84. The van der Waals surface area contributed by atoms with Crippen LogP contribution >= 0.6 is 0 Å². The highest BCUT2D eigenvalue weighted by Crippen LogP contribution is 2.17. The van der Waals surface area contributed by atoms with Crippen LogP contribution in [0.2, 0.25) is 0 Å². The number of hydrogen-bond donors (Lipinski definition) is 0. The minimum Gasteiger partial charge on any atom is -0.247 e. The highest BCUT2D eigenvalue weighted by molar-refractivity contribution is 5.78. The second kappa shape index (κ2) is 6.03. The van der Waals surface area contributed by atoms with Gasteiger partial charge in [-0.25, -0.2) is 19.4 Å². The molecule has 0 bridgehead atoms. The molecule has 17 heavy (non-hydrogen) atoms. The maximum Gasteiger partial charge on any atom is 0.362 e. The zero-order valence-corrected chi connectivity index (χ0v) is 10.2. The third-order valence-electron chi connectivity index (χ3n) is 2.44. The number of rotatable bonds is 3. The molecule has 0 amide bonds. The van der Waals surface area contributed by atoms with Crippen LogP contribution in [0, 0.1) is 6.92 Å². The normalized spacial score (nSPS) is 11.7. The van der Waals surface area contributed by atoms with Crippen molar-refractivity contribution in [3.8, 4) is 0 Å². The Balaban J connectivity index is 2.57. The van der Waals surface area contributed by atoms with Gasteiger partial charge in [0.1, 0.15) is 0 Å². The van der Waals surface area contributed by atoms with Crippen LogP contribution in [0.1, 0.15) is 37.3 Å². The minimum absolute atomic E-state index is 0.173. The molecule has 0 aromatic heterocycles. The van der Waals surface area contributed by atoms with Gasteiger partial charge in [-0.1, -0.05) is 36.8 Å². The van der Waals surface area contributed by atoms with Crippen LogP contribution in [0.3, 0.4) is 0 Å². The smallest absolute Gasteiger partial charge is 0.247 e. The number of carbonyl (C=O) groups is 2. The van der Waals surface area contributed by atoms with Gasteiger partial charge in [0.15, 0.2) is 0 Å². The van der Waals surface area contributed by atoms with E-state index in [0.29, 0.717) is 0 Å². The van der Waals surface area contributed by atoms with E-state index in [2.05, 4.69) is 9.78 Å². The Morgan fingerprint density at radius 3 is 2.29 bits per heavy atom. The monoisotopic (exact) mass is 236 g/mol. The van der Waals surface area contributed by atoms with E-state index in [9.17, 15) is 9.59 Å². The van der Waals surface area contributed by atoms with Gasteiger partial charge in [-0.2, -0.15) is 0 Å². The molecule has 0 spiro atoms. The number of carbonyl (C=O) groups excluding carboxylic acids is 2. The largest absolute Gasteiger partial charge is 0.362 e. The Morgan fingerprint density at radius 2 is 1.76 bits per heavy atom. The van der Waals surface area contributed by atoms with Crippen molar-refractivity contribution in [2.45, 2.75) is 33.1 Å². The third kappa shape index (κ3) is 3.90. The van der Waals surface area contributed by atoms with Crippen molar-refractivity contribution < 1.29 is 19.4 Å². The quantitative estimate of drug-likeness (QED) is 0.597. The lowest BCUT2D eigenvalue weighted by atomic mass is 10.0. The van der Waals surface area contributed by atoms with Crippen LogP contribution in [-0.4, -0.2) is 11.9 Å². The third-order valence-corrected chi connectivity index (χ3v) is 2.44. The van der Waals surface area contributed by atoms with Crippen LogP contribution in [0.5, 0.6) is 0 Å². The molecule has 0 heterocycles. The predicted molar refractivity (Wildman–Crippen MR) is 62.1 cm³/mol. The molecule has 92 valence electrons. The summed E-state index contributed by atoms with van der Waals surface area (Å²) in [6.45, 7) is 5.29. The first-order chi connectivity index (χ1) is 8.04. The van der Waals surface area contributed by atoms with Crippen molar-refractivity contribution in [2.75, 3.05) is 0 Å². The fraction of sp³-hybridized carbons (Fsp3) is 0.385. The summed E-state index contributed by atoms with van der Waals surface area (Å²) in [4.78, 5) is 31.2. The van der Waals surface area contributed by atoms with E-state index < -0.39 is 17.9 Å². The van der Waals surface area contributed by atoms with Crippen molar-refractivity contribution >= 4 is 11.9 Å². The summed E-state index contributed by atoms with van der Waals surface area (Å²) in [6.07, 6.45) is 0.173. The van der Waals surface area contributed by atoms with Gasteiger partial charge in [0.25, 0.3) is 0 Å². The zero-order valence-electron chi connectivity index (χ0n) is 10.2. The number of benzene rings is 1. The van der Waals surface area contributed by atoms with E-state index in [1.54, 1.807) is 13.8 Å². The van der Waals surface area contributed by atoms with Gasteiger partial charge < -0.3 is 0 Å². The molecule has 4 heteroatoms. The molecule has 1 aromatic carbocycles. The van der Waals surface area contributed by atoms with Crippen molar-refractivity contribution in [3.05, 3.63) is 35.4 Å². The van der Waals surface area contributed by atoms with Crippen molar-refractivity contribution in [1.29, 1.82) is 0 Å². The Kier molecular flexibility index (Phi) is 4.69. The molecule has 1 unspecified atom stereocenters. The van der Waals surface area contributed by atoms with Crippen molar-refractivity contribution in [1.82, 2.24) is 0 Å². The van der Waals surface area contributed by atoms with E-state index in [4.69, 9.17) is 0 Å². The van der Waals surface area contributed by atoms with Gasteiger partial charge in [-0.05, 0) is 19.4 Å². The second-order valence-corrected chi connectivity index (χ2v) is 3.84. The summed E-state index contributed by atoms with van der Waals surface area (Å²) in [7, 11) is 0. The molecule has 1 atom stereocenters. The van der Waals surface area contributed by atoms with E-state index in [1.807, 2.05) is 31.2 Å². The molecule has 0 radical (unpaired) electrons. The van der Waals surface area contributed by atoms with Crippen LogP contribution < -0.4 is 0 Å². The average molecular weight is 236 g/mol. The number of hydrogen-bond acceptors (Lipinski definition) is 4. The molecule has 0 saturated heterocycles. The Labute approximate surface area is 100 Å². The SMILES string of the molecule is CCC(=O)OOC(=O)C(C)c1ccc(C)cc1. The fourth-order valence-corrected chi connectivity index (χ4v) is 1.21. The topological polar surface area (TPSA) is 52.6 Å². The molecule has 1 rings (SSSR count). The summed E-state index contributed by atoms with van der Waals surface area (Å²) >= 11 is 0. The first-order valence-corrected chi connectivity index (χ1v) is 5.52. The molecule has 4 nitrogen and oxygen atoms in total. The summed E-state index contributed by atoms with van der Waals surface area (Å²) in [6, 6.07) is 7.53.